The summed E-state index contributed by atoms with van der Waals surface area (Å²) in [5, 5.41) is 9.85. The van der Waals surface area contributed by atoms with Crippen molar-refractivity contribution in [3.8, 4) is 0 Å². The predicted octanol–water partition coefficient (Wildman–Crippen LogP) is 2.18. The molecule has 0 saturated carbocycles. The van der Waals surface area contributed by atoms with E-state index in [1.807, 2.05) is 4.40 Å². The lowest BCUT2D eigenvalue weighted by molar-refractivity contribution is 0.296. The van der Waals surface area contributed by atoms with E-state index >= 15 is 0 Å². The summed E-state index contributed by atoms with van der Waals surface area (Å²) in [4.78, 5) is 4.13. The van der Waals surface area contributed by atoms with Gasteiger partial charge in [0.1, 0.15) is 5.82 Å². The van der Waals surface area contributed by atoms with E-state index in [1.165, 1.54) is 0 Å². The summed E-state index contributed by atoms with van der Waals surface area (Å²) in [6.07, 6.45) is 2.27. The highest BCUT2D eigenvalue weighted by atomic mass is 35.5. The molecule has 0 radical (unpaired) electrons. The second-order valence-electron chi connectivity index (χ2n) is 2.89. The molecule has 0 spiro atoms. The zero-order chi connectivity index (χ0) is 10.1. The lowest BCUT2D eigenvalue weighted by Gasteiger charge is -1.98. The first-order valence-electron chi connectivity index (χ1n) is 4.15. The molecule has 1 N–H and O–H groups in total. The van der Waals surface area contributed by atoms with Crippen molar-refractivity contribution in [1.29, 1.82) is 0 Å². The summed E-state index contributed by atoms with van der Waals surface area (Å²) in [5.41, 5.74) is 0.766. The van der Waals surface area contributed by atoms with Crippen molar-refractivity contribution in [2.75, 3.05) is 6.61 Å². The van der Waals surface area contributed by atoms with Crippen LogP contribution in [-0.4, -0.2) is 21.1 Å². The maximum atomic E-state index is 8.82. The fraction of sp³-hybridized carbons (Fsp3) is 0.222. The smallest absolute Gasteiger partial charge is 0.155 e. The molecule has 0 aliphatic carbocycles. The lowest BCUT2D eigenvalue weighted by Crippen LogP contribution is -1.97. The second-order valence-corrected chi connectivity index (χ2v) is 3.69. The molecule has 0 bridgehead atoms. The van der Waals surface area contributed by atoms with Gasteiger partial charge in [-0.15, -0.1) is 0 Å². The van der Waals surface area contributed by atoms with Crippen molar-refractivity contribution in [2.45, 2.75) is 6.42 Å². The van der Waals surface area contributed by atoms with Crippen LogP contribution in [0.4, 0.5) is 0 Å². The Kier molecular flexibility index (Phi) is 2.63. The number of hydrogen-bond donors (Lipinski definition) is 1. The number of imidazole rings is 1. The Balaban J connectivity index is 2.65. The number of hydrogen-bond acceptors (Lipinski definition) is 2. The molecule has 2 heterocycles. The Bertz CT molecular complexity index is 467. The summed E-state index contributed by atoms with van der Waals surface area (Å²) >= 11 is 11.7. The van der Waals surface area contributed by atoms with Crippen LogP contribution in [0.5, 0.6) is 0 Å². The van der Waals surface area contributed by atoms with Crippen LogP contribution >= 0.6 is 23.2 Å². The van der Waals surface area contributed by atoms with Crippen LogP contribution in [0.15, 0.2) is 18.3 Å². The molecule has 74 valence electrons. The van der Waals surface area contributed by atoms with Gasteiger partial charge in [0.2, 0.25) is 0 Å². The molecule has 0 fully saturated rings. The minimum atomic E-state index is 0.0536. The molecule has 0 unspecified atom stereocenters. The van der Waals surface area contributed by atoms with Crippen LogP contribution in [0, 0.1) is 0 Å². The Morgan fingerprint density at radius 1 is 1.43 bits per heavy atom. The molecule has 2 aromatic heterocycles. The minimum absolute atomic E-state index is 0.0536. The molecule has 2 rings (SSSR count). The van der Waals surface area contributed by atoms with E-state index in [1.54, 1.807) is 18.3 Å². The number of nitrogens with zero attached hydrogens (tertiary/aromatic N) is 2. The Labute approximate surface area is 90.9 Å². The van der Waals surface area contributed by atoms with Gasteiger partial charge in [-0.25, -0.2) is 4.98 Å². The van der Waals surface area contributed by atoms with E-state index in [4.69, 9.17) is 28.3 Å². The third kappa shape index (κ3) is 1.59. The summed E-state index contributed by atoms with van der Waals surface area (Å²) in [6, 6.07) is 3.51. The van der Waals surface area contributed by atoms with E-state index < -0.39 is 0 Å². The first-order chi connectivity index (χ1) is 6.72. The van der Waals surface area contributed by atoms with E-state index in [9.17, 15) is 0 Å². The summed E-state index contributed by atoms with van der Waals surface area (Å²) in [6.45, 7) is 0.0536. The van der Waals surface area contributed by atoms with Gasteiger partial charge in [0.25, 0.3) is 0 Å². The molecular formula is C9H8Cl2N2O. The normalized spacial score (nSPS) is 11.1. The lowest BCUT2D eigenvalue weighted by atomic mass is 10.4. The largest absolute Gasteiger partial charge is 0.396 e. The molecule has 0 amide bonds. The first-order valence-corrected chi connectivity index (χ1v) is 4.91. The maximum absolute atomic E-state index is 8.82. The highest BCUT2D eigenvalue weighted by Crippen LogP contribution is 2.21. The molecule has 5 heteroatoms. The van der Waals surface area contributed by atoms with Crippen molar-refractivity contribution in [3.05, 3.63) is 34.3 Å². The highest BCUT2D eigenvalue weighted by molar-refractivity contribution is 6.34. The minimum Gasteiger partial charge on any atom is -0.396 e. The fourth-order valence-electron chi connectivity index (χ4n) is 1.36. The monoisotopic (exact) mass is 230 g/mol. The topological polar surface area (TPSA) is 37.5 Å². The third-order valence-corrected chi connectivity index (χ3v) is 2.48. The standard InChI is InChI=1S/C9H8Cl2N2O/c10-6-1-3-13-7(5-6)9(11)12-8(13)2-4-14/h1,3,5,14H,2,4H2. The average molecular weight is 231 g/mol. The molecule has 14 heavy (non-hydrogen) atoms. The van der Waals surface area contributed by atoms with Crippen LogP contribution in [0.3, 0.4) is 0 Å². The van der Waals surface area contributed by atoms with Gasteiger partial charge in [0.05, 0.1) is 12.1 Å². The van der Waals surface area contributed by atoms with Crippen LogP contribution in [0.2, 0.25) is 10.2 Å². The number of halogens is 2. The first kappa shape index (κ1) is 9.77. The number of aliphatic hydroxyl groups is 1. The summed E-state index contributed by atoms with van der Waals surface area (Å²) in [5.74, 6) is 0.740. The number of aliphatic hydroxyl groups excluding tert-OH is 1. The summed E-state index contributed by atoms with van der Waals surface area (Å²) in [7, 11) is 0. The van der Waals surface area contributed by atoms with Gasteiger partial charge in [-0.1, -0.05) is 23.2 Å². The Morgan fingerprint density at radius 3 is 2.93 bits per heavy atom. The van der Waals surface area contributed by atoms with Crippen molar-refractivity contribution >= 4 is 28.7 Å². The van der Waals surface area contributed by atoms with Crippen LogP contribution in [0.1, 0.15) is 5.82 Å². The molecule has 2 aromatic rings. The van der Waals surface area contributed by atoms with Crippen LogP contribution < -0.4 is 0 Å². The van der Waals surface area contributed by atoms with Gasteiger partial charge in [-0.05, 0) is 12.1 Å². The molecule has 0 saturated heterocycles. The van der Waals surface area contributed by atoms with E-state index in [0.29, 0.717) is 16.6 Å². The van der Waals surface area contributed by atoms with Gasteiger partial charge in [0.15, 0.2) is 5.15 Å². The van der Waals surface area contributed by atoms with E-state index in [-0.39, 0.29) is 6.61 Å². The molecule has 0 atom stereocenters. The van der Waals surface area contributed by atoms with Gasteiger partial charge >= 0.3 is 0 Å². The second kappa shape index (κ2) is 3.77. The van der Waals surface area contributed by atoms with Crippen molar-refractivity contribution in [2.24, 2.45) is 0 Å². The molecule has 0 aliphatic heterocycles. The zero-order valence-corrected chi connectivity index (χ0v) is 8.76. The fourth-order valence-corrected chi connectivity index (χ4v) is 1.76. The Hall–Kier alpha value is -0.770. The van der Waals surface area contributed by atoms with Gasteiger partial charge in [-0.2, -0.15) is 0 Å². The number of aromatic nitrogens is 2. The van der Waals surface area contributed by atoms with Gasteiger partial charge in [0, 0.05) is 17.6 Å². The van der Waals surface area contributed by atoms with Gasteiger partial charge in [-0.3, -0.25) is 0 Å². The quantitative estimate of drug-likeness (QED) is 0.859. The maximum Gasteiger partial charge on any atom is 0.155 e. The SMILES string of the molecule is OCCc1nc(Cl)c2cc(Cl)ccn12. The predicted molar refractivity (Wildman–Crippen MR) is 56.0 cm³/mol. The highest BCUT2D eigenvalue weighted by Gasteiger charge is 2.08. The number of fused-ring (bicyclic) bond motifs is 1. The van der Waals surface area contributed by atoms with Crippen molar-refractivity contribution in [3.63, 3.8) is 0 Å². The van der Waals surface area contributed by atoms with Crippen LogP contribution in [0.25, 0.3) is 5.52 Å². The molecule has 3 nitrogen and oxygen atoms in total. The number of pyridine rings is 1. The molecule has 0 aliphatic rings. The Morgan fingerprint density at radius 2 is 2.21 bits per heavy atom. The molecular weight excluding hydrogens is 223 g/mol. The number of rotatable bonds is 2. The zero-order valence-electron chi connectivity index (χ0n) is 7.24. The van der Waals surface area contributed by atoms with Gasteiger partial charge < -0.3 is 9.51 Å². The van der Waals surface area contributed by atoms with Crippen molar-refractivity contribution in [1.82, 2.24) is 9.38 Å². The average Bonchev–Trinajstić information content (AvgIpc) is 2.44. The third-order valence-electron chi connectivity index (χ3n) is 1.97. The summed E-state index contributed by atoms with van der Waals surface area (Å²) < 4.78 is 1.82. The van der Waals surface area contributed by atoms with Crippen LogP contribution in [-0.2, 0) is 6.42 Å². The van der Waals surface area contributed by atoms with E-state index in [2.05, 4.69) is 4.98 Å². The van der Waals surface area contributed by atoms with Crippen molar-refractivity contribution < 1.29 is 5.11 Å². The molecule has 0 aromatic carbocycles. The van der Waals surface area contributed by atoms with E-state index in [0.717, 1.165) is 11.3 Å².